The van der Waals surface area contributed by atoms with Gasteiger partial charge < -0.3 is 5.32 Å². The number of nitrogens with zero attached hydrogens (tertiary/aromatic N) is 4. The molecule has 0 aromatic carbocycles. The summed E-state index contributed by atoms with van der Waals surface area (Å²) in [5.41, 5.74) is 1.10. The van der Waals surface area contributed by atoms with Gasteiger partial charge >= 0.3 is 0 Å². The molecule has 1 N–H and O–H groups in total. The fourth-order valence-electron chi connectivity index (χ4n) is 1.42. The summed E-state index contributed by atoms with van der Waals surface area (Å²) in [6, 6.07) is 0. The lowest BCUT2D eigenvalue weighted by Crippen LogP contribution is -2.07. The Hall–Kier alpha value is -1.43. The second-order valence-electron chi connectivity index (χ2n) is 3.75. The van der Waals surface area contributed by atoms with Crippen molar-refractivity contribution < 1.29 is 0 Å². The summed E-state index contributed by atoms with van der Waals surface area (Å²) in [6.45, 7) is 4.99. The minimum Gasteiger partial charge on any atom is -0.369 e. The molecular weight excluding hydrogens is 282 g/mol. The van der Waals surface area contributed by atoms with Crippen LogP contribution in [-0.4, -0.2) is 26.3 Å². The number of anilines is 1. The molecule has 0 aliphatic rings. The first-order valence-electron chi connectivity index (χ1n) is 5.48. The van der Waals surface area contributed by atoms with Crippen LogP contribution in [0, 0.1) is 6.92 Å². The fourth-order valence-corrected chi connectivity index (χ4v) is 1.94. The molecule has 5 nitrogen and oxygen atoms in total. The maximum absolute atomic E-state index is 4.24. The molecular formula is C11H14BrN5. The van der Waals surface area contributed by atoms with E-state index < -0.39 is 0 Å². The van der Waals surface area contributed by atoms with E-state index in [2.05, 4.69) is 43.2 Å². The molecule has 0 fully saturated rings. The van der Waals surface area contributed by atoms with Gasteiger partial charge in [0.05, 0.1) is 6.20 Å². The normalized spacial score (nSPS) is 10.5. The number of nitrogens with one attached hydrogen (secondary N) is 1. The molecule has 0 atom stereocenters. The van der Waals surface area contributed by atoms with Crippen molar-refractivity contribution in [3.8, 4) is 5.82 Å². The molecule has 0 saturated carbocycles. The maximum Gasteiger partial charge on any atom is 0.173 e. The van der Waals surface area contributed by atoms with Gasteiger partial charge in [-0.2, -0.15) is 5.10 Å². The minimum atomic E-state index is 0.742. The summed E-state index contributed by atoms with van der Waals surface area (Å²) in [4.78, 5) is 8.43. The molecule has 0 unspecified atom stereocenters. The Morgan fingerprint density at radius 2 is 2.24 bits per heavy atom. The highest BCUT2D eigenvalue weighted by Gasteiger charge is 2.10. The summed E-state index contributed by atoms with van der Waals surface area (Å²) in [5, 5.41) is 7.48. The van der Waals surface area contributed by atoms with Crippen LogP contribution >= 0.6 is 15.9 Å². The van der Waals surface area contributed by atoms with Crippen LogP contribution in [0.15, 0.2) is 23.2 Å². The largest absolute Gasteiger partial charge is 0.369 e. The van der Waals surface area contributed by atoms with Crippen LogP contribution in [0.2, 0.25) is 0 Å². The third-order valence-electron chi connectivity index (χ3n) is 2.24. The highest BCUT2D eigenvalue weighted by molar-refractivity contribution is 9.10. The number of hydrogen-bond acceptors (Lipinski definition) is 4. The third kappa shape index (κ3) is 2.63. The summed E-state index contributed by atoms with van der Waals surface area (Å²) in [6.07, 6.45) is 6.31. The van der Waals surface area contributed by atoms with E-state index in [4.69, 9.17) is 0 Å². The molecule has 0 bridgehead atoms. The Morgan fingerprint density at radius 3 is 2.88 bits per heavy atom. The Bertz CT molecular complexity index is 508. The lowest BCUT2D eigenvalue weighted by atomic mass is 10.4. The highest BCUT2D eigenvalue weighted by atomic mass is 79.9. The van der Waals surface area contributed by atoms with Gasteiger partial charge in [0, 0.05) is 12.7 Å². The molecule has 2 aromatic rings. The van der Waals surface area contributed by atoms with Crippen LogP contribution in [0.4, 0.5) is 5.82 Å². The Labute approximate surface area is 108 Å². The first-order chi connectivity index (χ1) is 8.22. The van der Waals surface area contributed by atoms with Crippen molar-refractivity contribution in [1.82, 2.24) is 19.7 Å². The summed E-state index contributed by atoms with van der Waals surface area (Å²) in [7, 11) is 0. The molecule has 90 valence electrons. The monoisotopic (exact) mass is 295 g/mol. The van der Waals surface area contributed by atoms with E-state index in [9.17, 15) is 0 Å². The number of hydrogen-bond donors (Lipinski definition) is 1. The Kier molecular flexibility index (Phi) is 3.73. The average Bonchev–Trinajstić information content (AvgIpc) is 2.74. The second-order valence-corrected chi connectivity index (χ2v) is 4.54. The van der Waals surface area contributed by atoms with E-state index in [0.29, 0.717) is 0 Å². The summed E-state index contributed by atoms with van der Waals surface area (Å²) < 4.78 is 2.56. The topological polar surface area (TPSA) is 55.6 Å². The Balaban J connectivity index is 2.35. The zero-order valence-electron chi connectivity index (χ0n) is 9.81. The number of aromatic nitrogens is 4. The fraction of sp³-hybridized carbons (Fsp3) is 0.364. The molecule has 17 heavy (non-hydrogen) atoms. The zero-order chi connectivity index (χ0) is 12.3. The maximum atomic E-state index is 4.24. The van der Waals surface area contributed by atoms with Gasteiger partial charge in [-0.1, -0.05) is 6.92 Å². The standard InChI is InChI=1S/C11H14BrN5/c1-3-4-13-10-9(12)11(15-7-14-10)17-6-8(2)5-16-17/h5-7H,3-4H2,1-2H3,(H,13,14,15). The molecule has 6 heteroatoms. The number of halogens is 1. The first-order valence-corrected chi connectivity index (χ1v) is 6.27. The molecule has 0 amide bonds. The summed E-state index contributed by atoms with van der Waals surface area (Å²) in [5.74, 6) is 1.54. The molecule has 0 aliphatic heterocycles. The van der Waals surface area contributed by atoms with Gasteiger partial charge in [0.25, 0.3) is 0 Å². The van der Waals surface area contributed by atoms with Gasteiger partial charge in [-0.05, 0) is 34.8 Å². The van der Waals surface area contributed by atoms with Crippen LogP contribution in [0.1, 0.15) is 18.9 Å². The third-order valence-corrected chi connectivity index (χ3v) is 2.97. The predicted molar refractivity (Wildman–Crippen MR) is 70.4 cm³/mol. The van der Waals surface area contributed by atoms with Gasteiger partial charge in [-0.25, -0.2) is 14.6 Å². The molecule has 0 radical (unpaired) electrons. The van der Waals surface area contributed by atoms with Crippen molar-refractivity contribution in [2.45, 2.75) is 20.3 Å². The van der Waals surface area contributed by atoms with Gasteiger partial charge in [0.15, 0.2) is 5.82 Å². The molecule has 0 spiro atoms. The van der Waals surface area contributed by atoms with Crippen LogP contribution < -0.4 is 5.32 Å². The van der Waals surface area contributed by atoms with Gasteiger partial charge in [0.1, 0.15) is 16.6 Å². The molecule has 2 heterocycles. The smallest absolute Gasteiger partial charge is 0.173 e. The molecule has 0 saturated heterocycles. The van der Waals surface area contributed by atoms with E-state index in [1.54, 1.807) is 10.9 Å². The van der Waals surface area contributed by atoms with E-state index in [1.807, 2.05) is 13.1 Å². The average molecular weight is 296 g/mol. The Morgan fingerprint density at radius 1 is 1.41 bits per heavy atom. The lowest BCUT2D eigenvalue weighted by Gasteiger charge is -2.09. The van der Waals surface area contributed by atoms with Crippen molar-refractivity contribution in [2.24, 2.45) is 0 Å². The van der Waals surface area contributed by atoms with Gasteiger partial charge in [-0.15, -0.1) is 0 Å². The van der Waals surface area contributed by atoms with E-state index in [-0.39, 0.29) is 0 Å². The van der Waals surface area contributed by atoms with Crippen LogP contribution in [-0.2, 0) is 0 Å². The van der Waals surface area contributed by atoms with Crippen molar-refractivity contribution in [3.05, 3.63) is 28.8 Å². The zero-order valence-corrected chi connectivity index (χ0v) is 11.4. The second kappa shape index (κ2) is 5.27. The van der Waals surface area contributed by atoms with Crippen molar-refractivity contribution in [3.63, 3.8) is 0 Å². The van der Waals surface area contributed by atoms with Crippen molar-refractivity contribution >= 4 is 21.7 Å². The quantitative estimate of drug-likeness (QED) is 0.942. The van der Waals surface area contributed by atoms with Crippen LogP contribution in [0.3, 0.4) is 0 Å². The van der Waals surface area contributed by atoms with Crippen LogP contribution in [0.25, 0.3) is 5.82 Å². The molecule has 0 aliphatic carbocycles. The summed E-state index contributed by atoms with van der Waals surface area (Å²) >= 11 is 3.51. The minimum absolute atomic E-state index is 0.742. The molecule has 2 rings (SSSR count). The van der Waals surface area contributed by atoms with E-state index >= 15 is 0 Å². The number of rotatable bonds is 4. The van der Waals surface area contributed by atoms with Gasteiger partial charge in [-0.3, -0.25) is 0 Å². The SMILES string of the molecule is CCCNc1ncnc(-n2cc(C)cn2)c1Br. The predicted octanol–water partition coefficient (Wildman–Crippen LogP) is 2.56. The van der Waals surface area contributed by atoms with Crippen LogP contribution in [0.5, 0.6) is 0 Å². The van der Waals surface area contributed by atoms with E-state index in [0.717, 1.165) is 34.6 Å². The molecule has 2 aromatic heterocycles. The van der Waals surface area contributed by atoms with Crippen molar-refractivity contribution in [2.75, 3.05) is 11.9 Å². The van der Waals surface area contributed by atoms with Crippen molar-refractivity contribution in [1.29, 1.82) is 0 Å². The highest BCUT2D eigenvalue weighted by Crippen LogP contribution is 2.25. The van der Waals surface area contributed by atoms with E-state index in [1.165, 1.54) is 6.33 Å². The lowest BCUT2D eigenvalue weighted by molar-refractivity contribution is 0.831. The van der Waals surface area contributed by atoms with Gasteiger partial charge in [0.2, 0.25) is 0 Å². The first kappa shape index (κ1) is 12.0. The number of aryl methyl sites for hydroxylation is 1.